The number of hydrogen-bond donors (Lipinski definition) is 2. The normalized spacial score (nSPS) is 13.3. The van der Waals surface area contributed by atoms with Crippen LogP contribution < -0.4 is 10.6 Å². The third-order valence-corrected chi connectivity index (χ3v) is 4.50. The number of hydrogen-bond acceptors (Lipinski definition) is 4. The summed E-state index contributed by atoms with van der Waals surface area (Å²) in [6.07, 6.45) is 7.18. The first-order chi connectivity index (χ1) is 11.7. The molecule has 24 heavy (non-hydrogen) atoms. The van der Waals surface area contributed by atoms with E-state index in [0.717, 1.165) is 23.7 Å². The summed E-state index contributed by atoms with van der Waals surface area (Å²) in [5.41, 5.74) is 1.34. The number of terminal acetylenes is 1. The quantitative estimate of drug-likeness (QED) is 0.623. The molecule has 2 amide bonds. The molecule has 0 atom stereocenters. The number of para-hydroxylation sites is 1. The first kappa shape index (κ1) is 16.3. The zero-order valence-corrected chi connectivity index (χ0v) is 13.9. The third-order valence-electron chi connectivity index (χ3n) is 3.59. The Bertz CT molecular complexity index is 825. The Labute approximate surface area is 144 Å². The Hall–Kier alpha value is -2.52. The molecular formula is C18H17N3O2S. The number of carbonyl (C=O) groups excluding carboxylic acids is 2. The maximum absolute atomic E-state index is 12.5. The van der Waals surface area contributed by atoms with E-state index < -0.39 is 0 Å². The molecule has 1 fully saturated rings. The second-order valence-electron chi connectivity index (χ2n) is 5.54. The Morgan fingerprint density at radius 1 is 1.33 bits per heavy atom. The Morgan fingerprint density at radius 2 is 2.12 bits per heavy atom. The minimum Gasteiger partial charge on any atom is -0.349 e. The van der Waals surface area contributed by atoms with Gasteiger partial charge in [-0.15, -0.1) is 6.42 Å². The van der Waals surface area contributed by atoms with Gasteiger partial charge in [0.2, 0.25) is 5.91 Å². The lowest BCUT2D eigenvalue weighted by molar-refractivity contribution is -0.118. The fourth-order valence-corrected chi connectivity index (χ4v) is 2.99. The number of aromatic nitrogens is 1. The second-order valence-corrected chi connectivity index (χ2v) is 6.54. The van der Waals surface area contributed by atoms with E-state index in [9.17, 15) is 9.59 Å². The molecule has 0 saturated heterocycles. The van der Waals surface area contributed by atoms with Crippen LogP contribution in [-0.4, -0.2) is 35.1 Å². The number of nitrogens with one attached hydrogen (secondary N) is 2. The van der Waals surface area contributed by atoms with Gasteiger partial charge in [-0.3, -0.25) is 9.59 Å². The van der Waals surface area contributed by atoms with Crippen LogP contribution >= 0.6 is 11.8 Å². The zero-order chi connectivity index (χ0) is 16.9. The molecule has 0 bridgehead atoms. The second kappa shape index (κ2) is 7.37. The van der Waals surface area contributed by atoms with Crippen LogP contribution in [0.5, 0.6) is 0 Å². The molecule has 0 spiro atoms. The highest BCUT2D eigenvalue weighted by molar-refractivity contribution is 7.99. The third kappa shape index (κ3) is 4.06. The van der Waals surface area contributed by atoms with E-state index in [-0.39, 0.29) is 30.2 Å². The summed E-state index contributed by atoms with van der Waals surface area (Å²) in [4.78, 5) is 28.7. The topological polar surface area (TPSA) is 71.1 Å². The lowest BCUT2D eigenvalue weighted by Gasteiger charge is -2.09. The van der Waals surface area contributed by atoms with Crippen molar-refractivity contribution < 1.29 is 9.59 Å². The monoisotopic (exact) mass is 339 g/mol. The van der Waals surface area contributed by atoms with Gasteiger partial charge in [0.25, 0.3) is 5.91 Å². The van der Waals surface area contributed by atoms with Gasteiger partial charge in [-0.2, -0.15) is 0 Å². The van der Waals surface area contributed by atoms with Crippen LogP contribution in [-0.2, 0) is 4.79 Å². The van der Waals surface area contributed by atoms with E-state index >= 15 is 0 Å². The molecule has 1 aliphatic rings. The predicted octanol–water partition coefficient (Wildman–Crippen LogP) is 1.97. The molecule has 1 aliphatic carbocycles. The van der Waals surface area contributed by atoms with Gasteiger partial charge in [0.15, 0.2) is 0 Å². The van der Waals surface area contributed by atoms with Gasteiger partial charge in [0.1, 0.15) is 0 Å². The highest BCUT2D eigenvalue weighted by Crippen LogP contribution is 2.26. The fourth-order valence-electron chi connectivity index (χ4n) is 2.24. The summed E-state index contributed by atoms with van der Waals surface area (Å²) in [7, 11) is 0. The number of thioether (sulfide) groups is 1. The van der Waals surface area contributed by atoms with Crippen molar-refractivity contribution in [3.8, 4) is 12.3 Å². The van der Waals surface area contributed by atoms with Crippen molar-refractivity contribution in [1.82, 2.24) is 15.6 Å². The maximum atomic E-state index is 12.5. The first-order valence-corrected chi connectivity index (χ1v) is 8.69. The van der Waals surface area contributed by atoms with Gasteiger partial charge in [-0.25, -0.2) is 4.98 Å². The van der Waals surface area contributed by atoms with E-state index in [1.807, 2.05) is 24.3 Å². The highest BCUT2D eigenvalue weighted by atomic mass is 32.2. The summed E-state index contributed by atoms with van der Waals surface area (Å²) in [6.45, 7) is 0.208. The van der Waals surface area contributed by atoms with Gasteiger partial charge in [-0.05, 0) is 25.0 Å². The van der Waals surface area contributed by atoms with Crippen molar-refractivity contribution in [3.05, 3.63) is 35.9 Å². The first-order valence-electron chi connectivity index (χ1n) is 7.71. The van der Waals surface area contributed by atoms with E-state index in [1.165, 1.54) is 11.8 Å². The largest absolute Gasteiger partial charge is 0.349 e. The summed E-state index contributed by atoms with van der Waals surface area (Å²) in [6, 6.07) is 9.56. The van der Waals surface area contributed by atoms with Crippen LogP contribution in [0.15, 0.2) is 35.4 Å². The smallest absolute Gasteiger partial charge is 0.252 e. The molecule has 2 aromatic rings. The highest BCUT2D eigenvalue weighted by Gasteiger charge is 2.25. The van der Waals surface area contributed by atoms with Crippen LogP contribution in [0.25, 0.3) is 10.9 Å². The van der Waals surface area contributed by atoms with Crippen molar-refractivity contribution in [2.75, 3.05) is 12.3 Å². The molecule has 3 rings (SSSR count). The molecule has 0 radical (unpaired) electrons. The molecule has 1 saturated carbocycles. The molecule has 0 unspecified atom stereocenters. The molecule has 2 N–H and O–H groups in total. The molecule has 1 aromatic carbocycles. The van der Waals surface area contributed by atoms with Crippen LogP contribution in [0.1, 0.15) is 23.2 Å². The van der Waals surface area contributed by atoms with Crippen molar-refractivity contribution in [1.29, 1.82) is 0 Å². The molecule has 1 heterocycles. The molecule has 6 heteroatoms. The number of benzene rings is 1. The van der Waals surface area contributed by atoms with Crippen LogP contribution in [0.3, 0.4) is 0 Å². The Balaban J connectivity index is 1.82. The number of fused-ring (bicyclic) bond motifs is 1. The summed E-state index contributed by atoms with van der Waals surface area (Å²) >= 11 is 1.29. The van der Waals surface area contributed by atoms with Crippen molar-refractivity contribution in [3.63, 3.8) is 0 Å². The molecule has 122 valence electrons. The Morgan fingerprint density at radius 3 is 2.88 bits per heavy atom. The number of rotatable bonds is 6. The lowest BCUT2D eigenvalue weighted by atomic mass is 10.1. The molecule has 0 aliphatic heterocycles. The SMILES string of the molecule is C#CCNC(=O)CSc1cc(C(=O)NC2CC2)c2ccccc2n1. The zero-order valence-electron chi connectivity index (χ0n) is 13.0. The molecular weight excluding hydrogens is 322 g/mol. The van der Waals surface area contributed by atoms with Gasteiger partial charge in [-0.1, -0.05) is 35.9 Å². The van der Waals surface area contributed by atoms with Gasteiger partial charge in [0, 0.05) is 11.4 Å². The van der Waals surface area contributed by atoms with Crippen LogP contribution in [0.4, 0.5) is 0 Å². The van der Waals surface area contributed by atoms with Gasteiger partial charge in [0.05, 0.1) is 28.4 Å². The van der Waals surface area contributed by atoms with E-state index in [2.05, 4.69) is 21.5 Å². The predicted molar refractivity (Wildman–Crippen MR) is 94.8 cm³/mol. The van der Waals surface area contributed by atoms with E-state index in [0.29, 0.717) is 10.6 Å². The van der Waals surface area contributed by atoms with E-state index in [4.69, 9.17) is 6.42 Å². The summed E-state index contributed by atoms with van der Waals surface area (Å²) in [5.74, 6) is 2.32. The average molecular weight is 339 g/mol. The van der Waals surface area contributed by atoms with E-state index in [1.54, 1.807) is 6.07 Å². The average Bonchev–Trinajstić information content (AvgIpc) is 3.41. The van der Waals surface area contributed by atoms with Gasteiger partial charge >= 0.3 is 0 Å². The number of carbonyl (C=O) groups is 2. The Kier molecular flexibility index (Phi) is 5.02. The van der Waals surface area contributed by atoms with Crippen molar-refractivity contribution in [2.45, 2.75) is 23.9 Å². The minimum atomic E-state index is -0.156. The van der Waals surface area contributed by atoms with Crippen molar-refractivity contribution >= 4 is 34.5 Å². The summed E-state index contributed by atoms with van der Waals surface area (Å²) in [5, 5.41) is 7.07. The minimum absolute atomic E-state index is 0.0882. The molecule has 5 nitrogen and oxygen atoms in total. The van der Waals surface area contributed by atoms with Crippen molar-refractivity contribution in [2.24, 2.45) is 0 Å². The summed E-state index contributed by atoms with van der Waals surface area (Å²) < 4.78 is 0. The van der Waals surface area contributed by atoms with Crippen LogP contribution in [0.2, 0.25) is 0 Å². The number of pyridine rings is 1. The standard InChI is InChI=1S/C18H17N3O2S/c1-2-9-19-16(22)11-24-17-10-14(18(23)20-12-7-8-12)13-5-3-4-6-15(13)21-17/h1,3-6,10,12H,7-9,11H2,(H,19,22)(H,20,23). The number of amides is 2. The van der Waals surface area contributed by atoms with Gasteiger partial charge < -0.3 is 10.6 Å². The fraction of sp³-hybridized carbons (Fsp3) is 0.278. The van der Waals surface area contributed by atoms with Crippen LogP contribution in [0, 0.1) is 12.3 Å². The molecule has 1 aromatic heterocycles. The maximum Gasteiger partial charge on any atom is 0.252 e. The number of nitrogens with zero attached hydrogens (tertiary/aromatic N) is 1. The lowest BCUT2D eigenvalue weighted by Crippen LogP contribution is -2.26.